The summed E-state index contributed by atoms with van der Waals surface area (Å²) >= 11 is 4.57. The maximum absolute atomic E-state index is 12.3. The van der Waals surface area contributed by atoms with Crippen molar-refractivity contribution < 1.29 is 8.42 Å². The summed E-state index contributed by atoms with van der Waals surface area (Å²) in [6.07, 6.45) is 1.54. The number of anilines is 1. The molecule has 102 valence electrons. The van der Waals surface area contributed by atoms with Crippen LogP contribution in [-0.4, -0.2) is 13.4 Å². The van der Waals surface area contributed by atoms with Gasteiger partial charge in [0.25, 0.3) is 10.0 Å². The quantitative estimate of drug-likeness (QED) is 0.875. The Morgan fingerprint density at radius 3 is 2.79 bits per heavy atom. The lowest BCUT2D eigenvalue weighted by Crippen LogP contribution is -2.15. The van der Waals surface area contributed by atoms with Gasteiger partial charge >= 0.3 is 0 Å². The van der Waals surface area contributed by atoms with Gasteiger partial charge in [0.05, 0.1) is 4.90 Å². The highest BCUT2D eigenvalue weighted by atomic mass is 79.9. The fraction of sp³-hybridized carbons (Fsp3) is 0.182. The Kier molecular flexibility index (Phi) is 4.24. The molecule has 1 aromatic heterocycles. The van der Waals surface area contributed by atoms with Gasteiger partial charge in [-0.2, -0.15) is 0 Å². The molecule has 0 amide bonds. The fourth-order valence-corrected chi connectivity index (χ4v) is 4.29. The second-order valence-electron chi connectivity index (χ2n) is 3.85. The van der Waals surface area contributed by atoms with Crippen LogP contribution in [0.25, 0.3) is 0 Å². The van der Waals surface area contributed by atoms with Gasteiger partial charge in [-0.1, -0.05) is 15.9 Å². The summed E-state index contributed by atoms with van der Waals surface area (Å²) in [5.74, 6) is 0. The molecule has 0 unspecified atom stereocenters. The molecule has 5 nitrogen and oxygen atoms in total. The zero-order chi connectivity index (χ0) is 14.0. The second-order valence-corrected chi connectivity index (χ2v) is 7.25. The van der Waals surface area contributed by atoms with Gasteiger partial charge in [-0.05, 0) is 30.2 Å². The lowest BCUT2D eigenvalue weighted by molar-refractivity contribution is 0.600. The standard InChI is InChI=1S/C11H12BrN3O2S2/c1-7-9(12)4-8(6-13)5-10(7)19(16,17)15-11-14-2-3-18-11/h2-5H,6,13H2,1H3,(H,14,15). The molecular formula is C11H12BrN3O2S2. The molecule has 8 heteroatoms. The van der Waals surface area contributed by atoms with Crippen LogP contribution in [0, 0.1) is 6.92 Å². The van der Waals surface area contributed by atoms with Crippen molar-refractivity contribution in [2.75, 3.05) is 4.72 Å². The van der Waals surface area contributed by atoms with Crippen molar-refractivity contribution in [1.82, 2.24) is 4.98 Å². The molecule has 1 heterocycles. The normalized spacial score (nSPS) is 11.5. The second kappa shape index (κ2) is 5.58. The van der Waals surface area contributed by atoms with Crippen molar-refractivity contribution in [3.05, 3.63) is 39.3 Å². The Bertz CT molecular complexity index is 684. The average Bonchev–Trinajstić information content (AvgIpc) is 2.84. The van der Waals surface area contributed by atoms with Crippen molar-refractivity contribution in [2.24, 2.45) is 5.73 Å². The summed E-state index contributed by atoms with van der Waals surface area (Å²) in [5.41, 5.74) is 6.96. The first-order chi connectivity index (χ1) is 8.94. The van der Waals surface area contributed by atoms with E-state index >= 15 is 0 Å². The first-order valence-electron chi connectivity index (χ1n) is 5.35. The van der Waals surface area contributed by atoms with Crippen molar-refractivity contribution in [2.45, 2.75) is 18.4 Å². The van der Waals surface area contributed by atoms with Gasteiger partial charge in [-0.15, -0.1) is 11.3 Å². The van der Waals surface area contributed by atoms with Crippen LogP contribution >= 0.6 is 27.3 Å². The zero-order valence-electron chi connectivity index (χ0n) is 10.1. The third kappa shape index (κ3) is 3.14. The fourth-order valence-electron chi connectivity index (χ4n) is 1.55. The highest BCUT2D eigenvalue weighted by molar-refractivity contribution is 9.10. The van der Waals surface area contributed by atoms with E-state index in [0.29, 0.717) is 10.7 Å². The first-order valence-corrected chi connectivity index (χ1v) is 8.51. The third-order valence-corrected chi connectivity index (χ3v) is 5.64. The van der Waals surface area contributed by atoms with E-state index < -0.39 is 10.0 Å². The summed E-state index contributed by atoms with van der Waals surface area (Å²) in [7, 11) is -3.66. The molecule has 1 aromatic carbocycles. The Morgan fingerprint density at radius 1 is 1.47 bits per heavy atom. The van der Waals surface area contributed by atoms with Crippen LogP contribution in [-0.2, 0) is 16.6 Å². The number of halogens is 1. The van der Waals surface area contributed by atoms with E-state index in [1.165, 1.54) is 11.3 Å². The number of hydrogen-bond acceptors (Lipinski definition) is 5. The molecule has 0 saturated carbocycles. The predicted molar refractivity (Wildman–Crippen MR) is 79.7 cm³/mol. The molecule has 0 radical (unpaired) electrons. The van der Waals surface area contributed by atoms with E-state index in [1.54, 1.807) is 24.6 Å². The number of thiazole rings is 1. The van der Waals surface area contributed by atoms with Crippen LogP contribution < -0.4 is 10.5 Å². The molecule has 2 aromatic rings. The van der Waals surface area contributed by atoms with Gasteiger partial charge in [0.15, 0.2) is 5.13 Å². The van der Waals surface area contributed by atoms with Gasteiger partial charge in [0, 0.05) is 22.6 Å². The number of hydrogen-bond donors (Lipinski definition) is 2. The van der Waals surface area contributed by atoms with Crippen LogP contribution in [0.4, 0.5) is 5.13 Å². The van der Waals surface area contributed by atoms with Crippen LogP contribution in [0.3, 0.4) is 0 Å². The largest absolute Gasteiger partial charge is 0.326 e. The molecule has 0 saturated heterocycles. The van der Waals surface area contributed by atoms with Crippen LogP contribution in [0.2, 0.25) is 0 Å². The molecule has 0 spiro atoms. The topological polar surface area (TPSA) is 85.1 Å². The lowest BCUT2D eigenvalue weighted by Gasteiger charge is -2.11. The summed E-state index contributed by atoms with van der Waals surface area (Å²) in [6, 6.07) is 3.40. The molecule has 19 heavy (non-hydrogen) atoms. The Hall–Kier alpha value is -0.960. The number of benzene rings is 1. The Labute approximate surface area is 124 Å². The van der Waals surface area contributed by atoms with E-state index in [2.05, 4.69) is 25.6 Å². The SMILES string of the molecule is Cc1c(Br)cc(CN)cc1S(=O)(=O)Nc1nccs1. The average molecular weight is 362 g/mol. The van der Waals surface area contributed by atoms with Crippen LogP contribution in [0.5, 0.6) is 0 Å². The smallest absolute Gasteiger partial charge is 0.263 e. The number of nitrogens with one attached hydrogen (secondary N) is 1. The van der Waals surface area contributed by atoms with Crippen LogP contribution in [0.15, 0.2) is 33.1 Å². The molecule has 2 rings (SSSR count). The Balaban J connectivity index is 2.48. The summed E-state index contributed by atoms with van der Waals surface area (Å²) in [6.45, 7) is 2.01. The van der Waals surface area contributed by atoms with Gasteiger partial charge in [0.2, 0.25) is 0 Å². The van der Waals surface area contributed by atoms with Crippen molar-refractivity contribution in [1.29, 1.82) is 0 Å². The van der Waals surface area contributed by atoms with Crippen molar-refractivity contribution in [3.63, 3.8) is 0 Å². The monoisotopic (exact) mass is 361 g/mol. The minimum Gasteiger partial charge on any atom is -0.326 e. The van der Waals surface area contributed by atoms with E-state index in [4.69, 9.17) is 5.73 Å². The zero-order valence-corrected chi connectivity index (χ0v) is 13.3. The number of nitrogens with zero attached hydrogens (tertiary/aromatic N) is 1. The molecule has 0 aliphatic carbocycles. The maximum atomic E-state index is 12.3. The van der Waals surface area contributed by atoms with Gasteiger partial charge in [-0.25, -0.2) is 13.4 Å². The third-order valence-electron chi connectivity index (χ3n) is 2.54. The molecule has 0 aliphatic heterocycles. The van der Waals surface area contributed by atoms with E-state index in [0.717, 1.165) is 10.0 Å². The van der Waals surface area contributed by atoms with Gasteiger partial charge < -0.3 is 5.73 Å². The van der Waals surface area contributed by atoms with E-state index in [1.807, 2.05) is 6.07 Å². The van der Waals surface area contributed by atoms with Crippen molar-refractivity contribution >= 4 is 42.4 Å². The van der Waals surface area contributed by atoms with Crippen molar-refractivity contribution in [3.8, 4) is 0 Å². The highest BCUT2D eigenvalue weighted by Crippen LogP contribution is 2.27. The number of sulfonamides is 1. The number of aromatic nitrogens is 1. The van der Waals surface area contributed by atoms with Crippen LogP contribution in [0.1, 0.15) is 11.1 Å². The van der Waals surface area contributed by atoms with E-state index in [-0.39, 0.29) is 11.4 Å². The molecule has 0 atom stereocenters. The minimum absolute atomic E-state index is 0.206. The maximum Gasteiger partial charge on any atom is 0.263 e. The number of nitrogens with two attached hydrogens (primary N) is 1. The molecule has 0 fully saturated rings. The molecule has 0 bridgehead atoms. The highest BCUT2D eigenvalue weighted by Gasteiger charge is 2.20. The first kappa shape index (κ1) is 14.4. The predicted octanol–water partition coefficient (Wildman–Crippen LogP) is 2.47. The molecule has 3 N–H and O–H groups in total. The Morgan fingerprint density at radius 2 is 2.21 bits per heavy atom. The lowest BCUT2D eigenvalue weighted by atomic mass is 10.1. The number of rotatable bonds is 4. The summed E-state index contributed by atoms with van der Waals surface area (Å²) in [4.78, 5) is 4.12. The summed E-state index contributed by atoms with van der Waals surface area (Å²) < 4.78 is 27.8. The molecule has 0 aliphatic rings. The van der Waals surface area contributed by atoms with Gasteiger partial charge in [0.1, 0.15) is 0 Å². The summed E-state index contributed by atoms with van der Waals surface area (Å²) in [5, 5.41) is 2.05. The van der Waals surface area contributed by atoms with Gasteiger partial charge in [-0.3, -0.25) is 4.72 Å². The van der Waals surface area contributed by atoms with E-state index in [9.17, 15) is 8.42 Å². The molecular weight excluding hydrogens is 350 g/mol. The minimum atomic E-state index is -3.66.